The van der Waals surface area contributed by atoms with Gasteiger partial charge in [0.2, 0.25) is 0 Å². The van der Waals surface area contributed by atoms with E-state index in [-0.39, 0.29) is 10.8 Å². The Morgan fingerprint density at radius 2 is 0.827 bits per heavy atom. The van der Waals surface area contributed by atoms with Crippen molar-refractivity contribution in [2.24, 2.45) is 0 Å². The van der Waals surface area contributed by atoms with Crippen LogP contribution >= 0.6 is 12.6 Å². The highest BCUT2D eigenvalue weighted by Gasteiger charge is 2.37. The lowest BCUT2D eigenvalue weighted by molar-refractivity contribution is 0.660. The average Bonchev–Trinajstić information content (AvgIpc) is 3.53. The minimum Gasteiger partial charge on any atom is -0.310 e. The molecule has 0 atom stereocenters. The summed E-state index contributed by atoms with van der Waals surface area (Å²) in [5.41, 5.74) is 19.0. The molecule has 2 heteroatoms. The minimum atomic E-state index is -0.138. The third-order valence-corrected chi connectivity index (χ3v) is 11.6. The molecule has 1 nitrogen and oxygen atoms in total. The first-order valence-corrected chi connectivity index (χ1v) is 18.6. The van der Waals surface area contributed by atoms with Gasteiger partial charge in [-0.25, -0.2) is 0 Å². The number of hydrogen-bond acceptors (Lipinski definition) is 2. The number of rotatable bonds is 6. The molecular formula is C50H41NS. The topological polar surface area (TPSA) is 3.24 Å². The highest BCUT2D eigenvalue weighted by Crippen LogP contribution is 2.52. The Kier molecular flexibility index (Phi) is 7.64. The first-order valence-electron chi connectivity index (χ1n) is 18.1. The van der Waals surface area contributed by atoms with Gasteiger partial charge in [-0.1, -0.05) is 143 Å². The molecule has 0 unspecified atom stereocenters. The predicted octanol–water partition coefficient (Wildman–Crippen LogP) is 13.9. The van der Waals surface area contributed by atoms with Crippen LogP contribution in [0.2, 0.25) is 0 Å². The Labute approximate surface area is 313 Å². The second-order valence-corrected chi connectivity index (χ2v) is 15.8. The number of thiol groups is 1. The van der Waals surface area contributed by atoms with E-state index in [0.717, 1.165) is 16.3 Å². The second kappa shape index (κ2) is 12.3. The monoisotopic (exact) mass is 687 g/mol. The molecule has 0 aliphatic heterocycles. The molecule has 0 N–H and O–H groups in total. The Morgan fingerprint density at radius 1 is 0.404 bits per heavy atom. The van der Waals surface area contributed by atoms with Crippen LogP contribution in [0.25, 0.3) is 45.5 Å². The Bertz CT molecular complexity index is 2470. The van der Waals surface area contributed by atoms with E-state index in [4.69, 9.17) is 0 Å². The van der Waals surface area contributed by atoms with E-state index in [2.05, 4.69) is 215 Å². The molecule has 0 fully saturated rings. The van der Waals surface area contributed by atoms with Crippen LogP contribution in [0.5, 0.6) is 0 Å². The first kappa shape index (κ1) is 32.3. The van der Waals surface area contributed by atoms with E-state index >= 15 is 0 Å². The SMILES string of the molecule is CC1(C)c2cc(/C=C/c3ccc4c(c3)C(C)(C)c3cc(N(c5ccccc5)c5ccccc5)ccc3-4)ccc2-c2ccc(-c3ccc(S)cc3)cc21. The van der Waals surface area contributed by atoms with E-state index in [1.807, 2.05) is 0 Å². The lowest BCUT2D eigenvalue weighted by atomic mass is 9.81. The zero-order chi connectivity index (χ0) is 35.6. The van der Waals surface area contributed by atoms with Gasteiger partial charge in [-0.2, -0.15) is 0 Å². The predicted molar refractivity (Wildman–Crippen MR) is 224 cm³/mol. The molecule has 9 rings (SSSR count). The average molecular weight is 688 g/mol. The van der Waals surface area contributed by atoms with Crippen molar-refractivity contribution in [1.82, 2.24) is 0 Å². The maximum Gasteiger partial charge on any atom is 0.0465 e. The van der Waals surface area contributed by atoms with Crippen molar-refractivity contribution in [3.05, 3.63) is 191 Å². The van der Waals surface area contributed by atoms with Gasteiger partial charge in [-0.05, 0) is 121 Å². The summed E-state index contributed by atoms with van der Waals surface area (Å²) >= 11 is 4.48. The summed E-state index contributed by atoms with van der Waals surface area (Å²) in [6, 6.07) is 57.6. The van der Waals surface area contributed by atoms with Gasteiger partial charge in [0.25, 0.3) is 0 Å². The van der Waals surface area contributed by atoms with Gasteiger partial charge < -0.3 is 4.90 Å². The number of fused-ring (bicyclic) bond motifs is 6. The number of anilines is 3. The molecule has 7 aromatic rings. The van der Waals surface area contributed by atoms with Crippen molar-refractivity contribution >= 4 is 41.8 Å². The van der Waals surface area contributed by atoms with Crippen molar-refractivity contribution < 1.29 is 0 Å². The van der Waals surface area contributed by atoms with Gasteiger partial charge in [0.15, 0.2) is 0 Å². The van der Waals surface area contributed by atoms with Crippen LogP contribution in [0.3, 0.4) is 0 Å². The Balaban J connectivity index is 1.01. The first-order chi connectivity index (χ1) is 25.2. The quantitative estimate of drug-likeness (QED) is 0.135. The lowest BCUT2D eigenvalue weighted by Gasteiger charge is -2.28. The number of hydrogen-bond donors (Lipinski definition) is 1. The molecule has 0 saturated carbocycles. The molecule has 0 spiro atoms. The highest BCUT2D eigenvalue weighted by atomic mass is 32.1. The van der Waals surface area contributed by atoms with Crippen LogP contribution in [0.1, 0.15) is 61.1 Å². The fourth-order valence-corrected chi connectivity index (χ4v) is 8.62. The van der Waals surface area contributed by atoms with E-state index in [1.54, 1.807) is 0 Å². The Hall–Kier alpha value is -5.57. The summed E-state index contributed by atoms with van der Waals surface area (Å²) in [4.78, 5) is 3.33. The zero-order valence-electron chi connectivity index (χ0n) is 30.1. The molecule has 2 aliphatic rings. The molecule has 252 valence electrons. The molecule has 0 heterocycles. The summed E-state index contributed by atoms with van der Waals surface area (Å²) in [6.45, 7) is 9.45. The fourth-order valence-electron chi connectivity index (χ4n) is 8.47. The van der Waals surface area contributed by atoms with Crippen LogP contribution in [0.4, 0.5) is 17.1 Å². The summed E-state index contributed by atoms with van der Waals surface area (Å²) in [5.74, 6) is 0. The van der Waals surface area contributed by atoms with Crippen molar-refractivity contribution in [3.8, 4) is 33.4 Å². The van der Waals surface area contributed by atoms with Gasteiger partial charge in [-0.3, -0.25) is 0 Å². The van der Waals surface area contributed by atoms with E-state index < -0.39 is 0 Å². The van der Waals surface area contributed by atoms with Crippen LogP contribution < -0.4 is 4.90 Å². The van der Waals surface area contributed by atoms with Gasteiger partial charge in [0.1, 0.15) is 0 Å². The molecule has 0 saturated heterocycles. The zero-order valence-corrected chi connectivity index (χ0v) is 31.0. The summed E-state index contributed by atoms with van der Waals surface area (Å²) < 4.78 is 0. The van der Waals surface area contributed by atoms with E-state index in [1.165, 1.54) is 72.4 Å². The van der Waals surface area contributed by atoms with Crippen molar-refractivity contribution in [2.75, 3.05) is 4.90 Å². The number of nitrogens with zero attached hydrogens (tertiary/aromatic N) is 1. The van der Waals surface area contributed by atoms with Gasteiger partial charge in [0, 0.05) is 32.8 Å². The third-order valence-electron chi connectivity index (χ3n) is 11.3. The summed E-state index contributed by atoms with van der Waals surface area (Å²) in [7, 11) is 0. The molecule has 0 bridgehead atoms. The summed E-state index contributed by atoms with van der Waals surface area (Å²) in [6.07, 6.45) is 4.55. The van der Waals surface area contributed by atoms with Crippen LogP contribution in [-0.2, 0) is 10.8 Å². The fraction of sp³-hybridized carbons (Fsp3) is 0.120. The number of benzene rings is 7. The number of para-hydroxylation sites is 2. The van der Waals surface area contributed by atoms with Gasteiger partial charge in [0.05, 0.1) is 0 Å². The van der Waals surface area contributed by atoms with Crippen molar-refractivity contribution in [1.29, 1.82) is 0 Å². The van der Waals surface area contributed by atoms with Crippen molar-refractivity contribution in [2.45, 2.75) is 43.4 Å². The maximum atomic E-state index is 4.48. The highest BCUT2D eigenvalue weighted by molar-refractivity contribution is 7.80. The molecule has 7 aromatic carbocycles. The normalized spacial score (nSPS) is 14.5. The maximum absolute atomic E-state index is 4.48. The molecular weight excluding hydrogens is 647 g/mol. The standard InChI is InChI=1S/C50H41NS/c1-49(2)45-29-33(17-25-41(45)43-27-21-36(31-47(43)49)35-19-23-40(52)24-20-35)15-16-34-18-26-42-44-28-22-39(32-48(44)50(3,4)46(42)30-34)51(37-11-7-5-8-12-37)38-13-9-6-10-14-38/h5-32,52H,1-4H3/b16-15+. The van der Waals surface area contributed by atoms with Crippen LogP contribution in [0, 0.1) is 0 Å². The molecule has 0 aromatic heterocycles. The van der Waals surface area contributed by atoms with Crippen LogP contribution in [0.15, 0.2) is 163 Å². The van der Waals surface area contributed by atoms with Gasteiger partial charge >= 0.3 is 0 Å². The molecule has 52 heavy (non-hydrogen) atoms. The lowest BCUT2D eigenvalue weighted by Crippen LogP contribution is -2.16. The van der Waals surface area contributed by atoms with E-state index in [9.17, 15) is 0 Å². The van der Waals surface area contributed by atoms with Gasteiger partial charge in [-0.15, -0.1) is 12.6 Å². The molecule has 0 amide bonds. The van der Waals surface area contributed by atoms with Crippen LogP contribution in [-0.4, -0.2) is 0 Å². The van der Waals surface area contributed by atoms with E-state index in [0.29, 0.717) is 0 Å². The van der Waals surface area contributed by atoms with Crippen molar-refractivity contribution in [3.63, 3.8) is 0 Å². The minimum absolute atomic E-state index is 0.0904. The Morgan fingerprint density at radius 3 is 1.35 bits per heavy atom. The second-order valence-electron chi connectivity index (χ2n) is 15.2. The smallest absolute Gasteiger partial charge is 0.0465 e. The largest absolute Gasteiger partial charge is 0.310 e. The summed E-state index contributed by atoms with van der Waals surface area (Å²) in [5, 5.41) is 0. The molecule has 2 aliphatic carbocycles. The third kappa shape index (κ3) is 5.33. The molecule has 0 radical (unpaired) electrons.